The van der Waals surface area contributed by atoms with E-state index in [4.69, 9.17) is 9.47 Å². The van der Waals surface area contributed by atoms with Crippen LogP contribution in [0.4, 0.5) is 0 Å². The Bertz CT molecular complexity index is 439. The topological polar surface area (TPSA) is 38.8 Å². The van der Waals surface area contributed by atoms with Gasteiger partial charge in [-0.05, 0) is 50.6 Å². The molecule has 0 fully saturated rings. The molecule has 0 heterocycles. The molecule has 1 aromatic rings. The highest BCUT2D eigenvalue weighted by molar-refractivity contribution is 5.72. The summed E-state index contributed by atoms with van der Waals surface area (Å²) in [6, 6.07) is 6.24. The molecule has 0 spiro atoms. The smallest absolute Gasteiger partial charge is 0.309 e. The predicted molar refractivity (Wildman–Crippen MR) is 84.7 cm³/mol. The Morgan fingerprint density at radius 1 is 1.24 bits per heavy atom. The maximum Gasteiger partial charge on any atom is 0.309 e. The second-order valence-electron chi connectivity index (χ2n) is 5.71. The molecule has 0 aliphatic rings. The van der Waals surface area contributed by atoms with Crippen LogP contribution in [-0.4, -0.2) is 44.7 Å². The van der Waals surface area contributed by atoms with Crippen LogP contribution in [-0.2, 0) is 9.53 Å². The summed E-state index contributed by atoms with van der Waals surface area (Å²) in [4.78, 5) is 13.5. The van der Waals surface area contributed by atoms with Crippen molar-refractivity contribution in [2.75, 3.05) is 33.9 Å². The lowest BCUT2D eigenvalue weighted by Gasteiger charge is -2.19. The van der Waals surface area contributed by atoms with E-state index in [0.29, 0.717) is 13.2 Å². The minimum Gasteiger partial charge on any atom is -0.494 e. The van der Waals surface area contributed by atoms with Gasteiger partial charge in [0.25, 0.3) is 0 Å². The van der Waals surface area contributed by atoms with Gasteiger partial charge in [0.15, 0.2) is 0 Å². The lowest BCUT2D eigenvalue weighted by molar-refractivity contribution is -0.145. The van der Waals surface area contributed by atoms with E-state index in [-0.39, 0.29) is 11.9 Å². The van der Waals surface area contributed by atoms with Crippen molar-refractivity contribution in [2.24, 2.45) is 5.92 Å². The summed E-state index contributed by atoms with van der Waals surface area (Å²) < 4.78 is 10.5. The highest BCUT2D eigenvalue weighted by Gasteiger charge is 2.14. The van der Waals surface area contributed by atoms with Crippen molar-refractivity contribution in [1.82, 2.24) is 4.90 Å². The third kappa shape index (κ3) is 6.63. The monoisotopic (exact) mass is 293 g/mol. The number of hydrogen-bond acceptors (Lipinski definition) is 4. The quantitative estimate of drug-likeness (QED) is 0.546. The fraction of sp³-hybridized carbons (Fsp3) is 0.588. The van der Waals surface area contributed by atoms with E-state index in [1.807, 2.05) is 14.0 Å². The van der Waals surface area contributed by atoms with Gasteiger partial charge in [-0.25, -0.2) is 0 Å². The second-order valence-corrected chi connectivity index (χ2v) is 5.71. The Labute approximate surface area is 128 Å². The average molecular weight is 293 g/mol. The van der Waals surface area contributed by atoms with Crippen molar-refractivity contribution in [1.29, 1.82) is 0 Å². The molecule has 0 saturated carbocycles. The Hall–Kier alpha value is -1.55. The average Bonchev–Trinajstić information content (AvgIpc) is 2.41. The maximum atomic E-state index is 11.4. The molecule has 0 bridgehead atoms. The number of carbonyl (C=O) groups excluding carboxylic acids is 1. The van der Waals surface area contributed by atoms with Gasteiger partial charge in [0, 0.05) is 13.1 Å². The number of methoxy groups -OCH3 is 1. The van der Waals surface area contributed by atoms with Gasteiger partial charge in [0.2, 0.25) is 0 Å². The van der Waals surface area contributed by atoms with Crippen LogP contribution in [0.3, 0.4) is 0 Å². The normalized spacial score (nSPS) is 12.3. The fourth-order valence-electron chi connectivity index (χ4n) is 2.38. The summed E-state index contributed by atoms with van der Waals surface area (Å²) in [7, 11) is 3.44. The van der Waals surface area contributed by atoms with Gasteiger partial charge in [-0.3, -0.25) is 4.79 Å². The maximum absolute atomic E-state index is 11.4. The van der Waals surface area contributed by atoms with Crippen LogP contribution < -0.4 is 4.74 Å². The molecule has 0 N–H and O–H groups in total. The SMILES string of the molecule is COC(=O)C(C)CN(C)CCCOc1cc(C)cc(C)c1. The van der Waals surface area contributed by atoms with E-state index in [2.05, 4.69) is 36.9 Å². The van der Waals surface area contributed by atoms with Crippen LogP contribution in [0, 0.1) is 19.8 Å². The first kappa shape index (κ1) is 17.5. The van der Waals surface area contributed by atoms with Gasteiger partial charge in [0.05, 0.1) is 19.6 Å². The number of hydrogen-bond donors (Lipinski definition) is 0. The summed E-state index contributed by atoms with van der Waals surface area (Å²) in [5.41, 5.74) is 2.43. The molecule has 0 radical (unpaired) electrons. The van der Waals surface area contributed by atoms with E-state index >= 15 is 0 Å². The molecule has 0 amide bonds. The summed E-state index contributed by atoms with van der Waals surface area (Å²) in [6.45, 7) is 8.31. The standard InChI is InChI=1S/C17H27NO3/c1-13-9-14(2)11-16(10-13)21-8-6-7-18(4)12-15(3)17(19)20-5/h9-11,15H,6-8,12H2,1-5H3. The lowest BCUT2D eigenvalue weighted by atomic mass is 10.1. The minimum absolute atomic E-state index is 0.0969. The van der Waals surface area contributed by atoms with Gasteiger partial charge in [-0.2, -0.15) is 0 Å². The zero-order chi connectivity index (χ0) is 15.8. The van der Waals surface area contributed by atoms with Gasteiger partial charge >= 0.3 is 5.97 Å². The van der Waals surface area contributed by atoms with Crippen molar-refractivity contribution < 1.29 is 14.3 Å². The molecule has 1 rings (SSSR count). The van der Waals surface area contributed by atoms with Crippen molar-refractivity contribution >= 4 is 5.97 Å². The molecule has 1 unspecified atom stereocenters. The first-order valence-corrected chi connectivity index (χ1v) is 7.40. The fourth-order valence-corrected chi connectivity index (χ4v) is 2.38. The van der Waals surface area contributed by atoms with Crippen LogP contribution in [0.5, 0.6) is 5.75 Å². The van der Waals surface area contributed by atoms with Crippen LogP contribution in [0.2, 0.25) is 0 Å². The number of aryl methyl sites for hydroxylation is 2. The number of benzene rings is 1. The summed E-state index contributed by atoms with van der Waals surface area (Å²) in [5.74, 6) is 0.673. The Morgan fingerprint density at radius 2 is 1.86 bits per heavy atom. The molecule has 4 nitrogen and oxygen atoms in total. The number of rotatable bonds is 8. The third-order valence-corrected chi connectivity index (χ3v) is 3.34. The summed E-state index contributed by atoms with van der Waals surface area (Å²) in [6.07, 6.45) is 0.928. The number of carbonyl (C=O) groups is 1. The molecule has 21 heavy (non-hydrogen) atoms. The lowest BCUT2D eigenvalue weighted by Crippen LogP contribution is -2.30. The molecule has 1 atom stereocenters. The highest BCUT2D eigenvalue weighted by Crippen LogP contribution is 2.16. The van der Waals surface area contributed by atoms with Crippen LogP contribution in [0.15, 0.2) is 18.2 Å². The number of ether oxygens (including phenoxy) is 2. The zero-order valence-electron chi connectivity index (χ0n) is 13.8. The van der Waals surface area contributed by atoms with Crippen molar-refractivity contribution in [2.45, 2.75) is 27.2 Å². The Morgan fingerprint density at radius 3 is 2.43 bits per heavy atom. The Kier molecular flexibility index (Phi) is 7.23. The van der Waals surface area contributed by atoms with Crippen LogP contribution in [0.1, 0.15) is 24.5 Å². The van der Waals surface area contributed by atoms with Gasteiger partial charge in [0.1, 0.15) is 5.75 Å². The molecule has 4 heteroatoms. The van der Waals surface area contributed by atoms with Crippen molar-refractivity contribution in [3.05, 3.63) is 29.3 Å². The van der Waals surface area contributed by atoms with E-state index in [9.17, 15) is 4.79 Å². The first-order valence-electron chi connectivity index (χ1n) is 7.40. The Balaban J connectivity index is 2.25. The molecule has 0 aromatic heterocycles. The molecular formula is C17H27NO3. The van der Waals surface area contributed by atoms with E-state index < -0.39 is 0 Å². The summed E-state index contributed by atoms with van der Waals surface area (Å²) in [5, 5.41) is 0. The van der Waals surface area contributed by atoms with E-state index in [1.165, 1.54) is 18.2 Å². The van der Waals surface area contributed by atoms with E-state index in [0.717, 1.165) is 18.7 Å². The highest BCUT2D eigenvalue weighted by atomic mass is 16.5. The van der Waals surface area contributed by atoms with Gasteiger partial charge in [-0.1, -0.05) is 13.0 Å². The third-order valence-electron chi connectivity index (χ3n) is 3.34. The molecule has 0 aliphatic carbocycles. The largest absolute Gasteiger partial charge is 0.494 e. The van der Waals surface area contributed by atoms with Gasteiger partial charge in [-0.15, -0.1) is 0 Å². The molecule has 0 aliphatic heterocycles. The van der Waals surface area contributed by atoms with Crippen molar-refractivity contribution in [3.8, 4) is 5.75 Å². The minimum atomic E-state index is -0.159. The van der Waals surface area contributed by atoms with Gasteiger partial charge < -0.3 is 14.4 Å². The van der Waals surface area contributed by atoms with Crippen LogP contribution in [0.25, 0.3) is 0 Å². The molecule has 1 aromatic carbocycles. The van der Waals surface area contributed by atoms with Crippen LogP contribution >= 0.6 is 0 Å². The predicted octanol–water partition coefficient (Wildman–Crippen LogP) is 2.81. The molecular weight excluding hydrogens is 266 g/mol. The van der Waals surface area contributed by atoms with E-state index in [1.54, 1.807) is 0 Å². The zero-order valence-corrected chi connectivity index (χ0v) is 13.8. The molecule has 118 valence electrons. The summed E-state index contributed by atoms with van der Waals surface area (Å²) >= 11 is 0. The first-order chi connectivity index (χ1) is 9.92. The number of esters is 1. The van der Waals surface area contributed by atoms with Crippen molar-refractivity contribution in [3.63, 3.8) is 0 Å². The second kappa shape index (κ2) is 8.67. The molecule has 0 saturated heterocycles. The number of nitrogens with zero attached hydrogens (tertiary/aromatic N) is 1.